The Morgan fingerprint density at radius 3 is 3.17 bits per heavy atom. The van der Waals surface area contributed by atoms with Crippen molar-refractivity contribution in [2.45, 2.75) is 12.8 Å². The van der Waals surface area contributed by atoms with Crippen LogP contribution in [0, 0.1) is 11.8 Å². The first-order valence-corrected chi connectivity index (χ1v) is 3.76. The molecule has 0 aliphatic rings. The minimum atomic E-state index is 0.507. The molecule has 0 spiro atoms. The summed E-state index contributed by atoms with van der Waals surface area (Å²) in [5, 5.41) is 0. The largest absolute Gasteiger partial charge is 0.303 e. The van der Waals surface area contributed by atoms with E-state index < -0.39 is 0 Å². The maximum Gasteiger partial charge on any atom is 0.120 e. The second kappa shape index (κ2) is 5.09. The van der Waals surface area contributed by atoms with Crippen LogP contribution in [0.4, 0.5) is 0 Å². The first-order valence-electron chi connectivity index (χ1n) is 3.76. The van der Waals surface area contributed by atoms with Crippen molar-refractivity contribution in [1.82, 2.24) is 4.98 Å². The fraction of sp³-hybridized carbons (Fsp3) is 0.200. The summed E-state index contributed by atoms with van der Waals surface area (Å²) in [5.41, 5.74) is 0.892. The van der Waals surface area contributed by atoms with E-state index in [2.05, 4.69) is 16.8 Å². The van der Waals surface area contributed by atoms with Crippen molar-refractivity contribution in [2.24, 2.45) is 0 Å². The van der Waals surface area contributed by atoms with Crippen molar-refractivity contribution in [2.75, 3.05) is 0 Å². The van der Waals surface area contributed by atoms with Gasteiger partial charge in [0, 0.05) is 30.8 Å². The lowest BCUT2D eigenvalue weighted by Crippen LogP contribution is -1.76. The van der Waals surface area contributed by atoms with Crippen LogP contribution in [0.15, 0.2) is 24.5 Å². The highest BCUT2D eigenvalue weighted by molar-refractivity contribution is 5.50. The highest BCUT2D eigenvalue weighted by Crippen LogP contribution is 1.92. The number of hydrogen-bond acceptors (Lipinski definition) is 2. The highest BCUT2D eigenvalue weighted by Gasteiger charge is 1.81. The van der Waals surface area contributed by atoms with E-state index in [9.17, 15) is 4.79 Å². The third-order valence-corrected chi connectivity index (χ3v) is 1.28. The Labute approximate surface area is 71.6 Å². The number of nitrogens with zero attached hydrogens (tertiary/aromatic N) is 1. The molecule has 0 aromatic carbocycles. The van der Waals surface area contributed by atoms with Gasteiger partial charge in [-0.2, -0.15) is 0 Å². The first kappa shape index (κ1) is 8.48. The molecule has 0 aliphatic carbocycles. The molecule has 0 unspecified atom stereocenters. The molecule has 0 radical (unpaired) electrons. The number of carbonyl (C=O) groups excluding carboxylic acids is 1. The molecule has 0 amide bonds. The van der Waals surface area contributed by atoms with Gasteiger partial charge in [-0.3, -0.25) is 4.98 Å². The molecular formula is C10H9NO. The molecule has 12 heavy (non-hydrogen) atoms. The van der Waals surface area contributed by atoms with E-state index in [4.69, 9.17) is 0 Å². The third-order valence-electron chi connectivity index (χ3n) is 1.28. The molecule has 1 heterocycles. The van der Waals surface area contributed by atoms with Crippen LogP contribution in [0.1, 0.15) is 18.4 Å². The minimum Gasteiger partial charge on any atom is -0.303 e. The zero-order chi connectivity index (χ0) is 8.65. The zero-order valence-electron chi connectivity index (χ0n) is 6.66. The second-order valence-electron chi connectivity index (χ2n) is 2.25. The summed E-state index contributed by atoms with van der Waals surface area (Å²) in [6.07, 6.45) is 5.41. The van der Waals surface area contributed by atoms with Crippen molar-refractivity contribution in [3.8, 4) is 11.8 Å². The van der Waals surface area contributed by atoms with Gasteiger partial charge in [0.2, 0.25) is 0 Å². The molecule has 0 saturated heterocycles. The number of hydrogen-bond donors (Lipinski definition) is 0. The van der Waals surface area contributed by atoms with E-state index in [0.717, 1.165) is 11.8 Å². The second-order valence-corrected chi connectivity index (χ2v) is 2.25. The quantitative estimate of drug-likeness (QED) is 0.371. The average molecular weight is 159 g/mol. The minimum absolute atomic E-state index is 0.507. The molecular weight excluding hydrogens is 150 g/mol. The lowest BCUT2D eigenvalue weighted by Gasteiger charge is -1.84. The van der Waals surface area contributed by atoms with E-state index in [1.165, 1.54) is 0 Å². The van der Waals surface area contributed by atoms with E-state index >= 15 is 0 Å². The molecule has 1 rings (SSSR count). The van der Waals surface area contributed by atoms with Crippen LogP contribution >= 0.6 is 0 Å². The SMILES string of the molecule is O=CCCC#Cc1cccnc1. The van der Waals surface area contributed by atoms with Gasteiger partial charge in [0.05, 0.1) is 0 Å². The van der Waals surface area contributed by atoms with E-state index in [1.54, 1.807) is 12.4 Å². The van der Waals surface area contributed by atoms with Gasteiger partial charge >= 0.3 is 0 Å². The molecule has 0 bridgehead atoms. The fourth-order valence-electron chi connectivity index (χ4n) is 0.732. The Hall–Kier alpha value is -1.62. The van der Waals surface area contributed by atoms with Crippen LogP contribution in [0.5, 0.6) is 0 Å². The standard InChI is InChI=1S/C10H9NO/c12-8-3-1-2-5-10-6-4-7-11-9-10/h4,6-9H,1,3H2. The predicted molar refractivity (Wildman–Crippen MR) is 46.4 cm³/mol. The number of unbranched alkanes of at least 4 members (excludes halogenated alkanes) is 1. The molecule has 0 saturated carbocycles. The summed E-state index contributed by atoms with van der Waals surface area (Å²) >= 11 is 0. The molecule has 1 aromatic heterocycles. The maximum absolute atomic E-state index is 9.94. The molecule has 0 aliphatic heterocycles. The van der Waals surface area contributed by atoms with Gasteiger partial charge in [0.25, 0.3) is 0 Å². The van der Waals surface area contributed by atoms with Crippen molar-refractivity contribution < 1.29 is 4.79 Å². The Morgan fingerprint density at radius 1 is 1.58 bits per heavy atom. The lowest BCUT2D eigenvalue weighted by molar-refractivity contribution is -0.107. The van der Waals surface area contributed by atoms with E-state index in [1.807, 2.05) is 12.1 Å². The number of aldehydes is 1. The van der Waals surface area contributed by atoms with Crippen LogP contribution < -0.4 is 0 Å². The summed E-state index contributed by atoms with van der Waals surface area (Å²) in [7, 11) is 0. The van der Waals surface area contributed by atoms with Crippen LogP contribution in [-0.4, -0.2) is 11.3 Å². The topological polar surface area (TPSA) is 30.0 Å². The fourth-order valence-corrected chi connectivity index (χ4v) is 0.732. The van der Waals surface area contributed by atoms with Gasteiger partial charge in [-0.1, -0.05) is 11.8 Å². The maximum atomic E-state index is 9.94. The molecule has 0 atom stereocenters. The number of aromatic nitrogens is 1. The summed E-state index contributed by atoms with van der Waals surface area (Å²) in [4.78, 5) is 13.8. The van der Waals surface area contributed by atoms with Crippen molar-refractivity contribution in [1.29, 1.82) is 0 Å². The number of rotatable bonds is 2. The molecule has 1 aromatic rings. The Balaban J connectivity index is 2.49. The monoisotopic (exact) mass is 159 g/mol. The van der Waals surface area contributed by atoms with Gasteiger partial charge < -0.3 is 4.79 Å². The van der Waals surface area contributed by atoms with Crippen molar-refractivity contribution in [3.05, 3.63) is 30.1 Å². The average Bonchev–Trinajstić information content (AvgIpc) is 2.14. The Bertz CT molecular complexity index is 295. The third kappa shape index (κ3) is 2.98. The van der Waals surface area contributed by atoms with Gasteiger partial charge in [-0.15, -0.1) is 0 Å². The molecule has 2 nitrogen and oxygen atoms in total. The number of pyridine rings is 1. The van der Waals surface area contributed by atoms with Crippen LogP contribution in [-0.2, 0) is 4.79 Å². The summed E-state index contributed by atoms with van der Waals surface area (Å²) in [5.74, 6) is 5.79. The van der Waals surface area contributed by atoms with E-state index in [-0.39, 0.29) is 0 Å². The number of carbonyl (C=O) groups is 1. The summed E-state index contributed by atoms with van der Waals surface area (Å²) in [6, 6.07) is 3.73. The summed E-state index contributed by atoms with van der Waals surface area (Å²) in [6.45, 7) is 0. The van der Waals surface area contributed by atoms with Crippen molar-refractivity contribution >= 4 is 6.29 Å². The smallest absolute Gasteiger partial charge is 0.120 e. The molecule has 2 heteroatoms. The van der Waals surface area contributed by atoms with Gasteiger partial charge in [0.15, 0.2) is 0 Å². The van der Waals surface area contributed by atoms with Crippen LogP contribution in [0.25, 0.3) is 0 Å². The molecule has 0 fully saturated rings. The lowest BCUT2D eigenvalue weighted by atomic mass is 10.2. The Kier molecular flexibility index (Phi) is 3.59. The van der Waals surface area contributed by atoms with E-state index in [0.29, 0.717) is 12.8 Å². The molecule has 60 valence electrons. The zero-order valence-corrected chi connectivity index (χ0v) is 6.66. The predicted octanol–water partition coefficient (Wildman–Crippen LogP) is 1.41. The van der Waals surface area contributed by atoms with Crippen LogP contribution in [0.3, 0.4) is 0 Å². The van der Waals surface area contributed by atoms with Gasteiger partial charge in [-0.25, -0.2) is 0 Å². The highest BCUT2D eigenvalue weighted by atomic mass is 16.1. The summed E-state index contributed by atoms with van der Waals surface area (Å²) < 4.78 is 0. The van der Waals surface area contributed by atoms with Gasteiger partial charge in [-0.05, 0) is 12.1 Å². The molecule has 0 N–H and O–H groups in total. The van der Waals surface area contributed by atoms with Crippen molar-refractivity contribution in [3.63, 3.8) is 0 Å². The van der Waals surface area contributed by atoms with Gasteiger partial charge in [0.1, 0.15) is 6.29 Å². The Morgan fingerprint density at radius 2 is 2.50 bits per heavy atom. The van der Waals surface area contributed by atoms with Crippen LogP contribution in [0.2, 0.25) is 0 Å². The first-order chi connectivity index (χ1) is 5.93. The normalized spacial score (nSPS) is 8.33.